The van der Waals surface area contributed by atoms with Crippen LogP contribution in [0.5, 0.6) is 0 Å². The van der Waals surface area contributed by atoms with Crippen molar-refractivity contribution >= 4 is 35.0 Å². The summed E-state index contributed by atoms with van der Waals surface area (Å²) in [6.07, 6.45) is 3.83. The topological polar surface area (TPSA) is 31.9 Å². The van der Waals surface area contributed by atoms with Crippen molar-refractivity contribution in [3.63, 3.8) is 0 Å². The molecule has 0 spiro atoms. The molecule has 0 atom stereocenters. The number of aromatic nitrogens is 2. The Morgan fingerprint density at radius 3 is 2.93 bits per heavy atom. The second-order valence-electron chi connectivity index (χ2n) is 3.45. The number of pyridine rings is 1. The average molecular weight is 303 g/mol. The Kier molecular flexibility index (Phi) is 3.88. The van der Waals surface area contributed by atoms with Gasteiger partial charge in [0.2, 0.25) is 0 Å². The molecule has 2 rings (SSSR count). The first-order valence-electron chi connectivity index (χ1n) is 4.33. The van der Waals surface area contributed by atoms with Crippen LogP contribution >= 0.6 is 24.0 Å². The van der Waals surface area contributed by atoms with E-state index < -0.39 is 0 Å². The van der Waals surface area contributed by atoms with Gasteiger partial charge < -0.3 is 9.88 Å². The van der Waals surface area contributed by atoms with E-state index in [9.17, 15) is 0 Å². The lowest BCUT2D eigenvalue weighted by atomic mass is 10.2. The summed E-state index contributed by atoms with van der Waals surface area (Å²) in [5, 5.41) is 1.22. The lowest BCUT2D eigenvalue weighted by Crippen LogP contribution is -2.09. The molecule has 3 nitrogen and oxygen atoms in total. The summed E-state index contributed by atoms with van der Waals surface area (Å²) in [5.74, 6) is 0. The third kappa shape index (κ3) is 2.24. The SMILES string of the molecule is CN(C)Cc1c[nH]c2ncccc12.I. The number of nitrogens with zero attached hydrogens (tertiary/aromatic N) is 2. The summed E-state index contributed by atoms with van der Waals surface area (Å²) in [6, 6.07) is 4.06. The Morgan fingerprint density at radius 2 is 2.21 bits per heavy atom. The molecule has 0 aliphatic heterocycles. The van der Waals surface area contributed by atoms with Gasteiger partial charge in [0.1, 0.15) is 5.65 Å². The molecule has 14 heavy (non-hydrogen) atoms. The van der Waals surface area contributed by atoms with E-state index in [-0.39, 0.29) is 24.0 Å². The number of fused-ring (bicyclic) bond motifs is 1. The number of hydrogen-bond donors (Lipinski definition) is 1. The molecule has 0 saturated heterocycles. The predicted molar refractivity (Wildman–Crippen MR) is 68.9 cm³/mol. The number of aromatic amines is 1. The third-order valence-electron chi connectivity index (χ3n) is 2.02. The highest BCUT2D eigenvalue weighted by molar-refractivity contribution is 14.0. The van der Waals surface area contributed by atoms with Crippen LogP contribution in [0.4, 0.5) is 0 Å². The molecule has 0 aliphatic rings. The Balaban J connectivity index is 0.000000980. The number of nitrogens with one attached hydrogen (secondary N) is 1. The van der Waals surface area contributed by atoms with Gasteiger partial charge in [0.25, 0.3) is 0 Å². The second kappa shape index (κ2) is 4.75. The Hall–Kier alpha value is -0.620. The molecule has 2 aromatic heterocycles. The van der Waals surface area contributed by atoms with E-state index in [1.54, 1.807) is 6.20 Å². The molecule has 0 radical (unpaired) electrons. The van der Waals surface area contributed by atoms with Crippen LogP contribution < -0.4 is 0 Å². The number of hydrogen-bond acceptors (Lipinski definition) is 2. The molecule has 0 saturated carbocycles. The minimum absolute atomic E-state index is 0. The van der Waals surface area contributed by atoms with Gasteiger partial charge in [0.05, 0.1) is 0 Å². The summed E-state index contributed by atoms with van der Waals surface area (Å²) in [5.41, 5.74) is 2.27. The molecule has 0 bridgehead atoms. The van der Waals surface area contributed by atoms with E-state index in [1.165, 1.54) is 10.9 Å². The molecule has 1 N–H and O–H groups in total. The minimum atomic E-state index is 0. The van der Waals surface area contributed by atoms with Crippen LogP contribution in [-0.2, 0) is 6.54 Å². The van der Waals surface area contributed by atoms with Crippen LogP contribution in [-0.4, -0.2) is 29.0 Å². The van der Waals surface area contributed by atoms with Gasteiger partial charge in [-0.3, -0.25) is 0 Å². The summed E-state index contributed by atoms with van der Waals surface area (Å²) >= 11 is 0. The third-order valence-corrected chi connectivity index (χ3v) is 2.02. The van der Waals surface area contributed by atoms with Gasteiger partial charge in [0, 0.05) is 24.3 Å². The fourth-order valence-electron chi connectivity index (χ4n) is 1.48. The van der Waals surface area contributed by atoms with Crippen LogP contribution in [0.1, 0.15) is 5.56 Å². The van der Waals surface area contributed by atoms with E-state index in [2.05, 4.69) is 35.0 Å². The molecule has 2 aromatic rings. The fraction of sp³-hybridized carbons (Fsp3) is 0.300. The number of H-pyrrole nitrogens is 1. The highest BCUT2D eigenvalue weighted by Crippen LogP contribution is 2.16. The van der Waals surface area contributed by atoms with Gasteiger partial charge in [-0.05, 0) is 31.8 Å². The lowest BCUT2D eigenvalue weighted by Gasteiger charge is -2.07. The molecule has 0 fully saturated rings. The first-order valence-corrected chi connectivity index (χ1v) is 4.33. The van der Waals surface area contributed by atoms with Crippen molar-refractivity contribution in [1.82, 2.24) is 14.9 Å². The maximum Gasteiger partial charge on any atom is 0.137 e. The maximum atomic E-state index is 4.24. The van der Waals surface area contributed by atoms with Crippen LogP contribution in [0, 0.1) is 0 Å². The summed E-state index contributed by atoms with van der Waals surface area (Å²) in [7, 11) is 4.13. The summed E-state index contributed by atoms with van der Waals surface area (Å²) < 4.78 is 0. The zero-order valence-corrected chi connectivity index (χ0v) is 10.6. The second-order valence-corrected chi connectivity index (χ2v) is 3.45. The molecule has 0 unspecified atom stereocenters. The van der Waals surface area contributed by atoms with E-state index >= 15 is 0 Å². The van der Waals surface area contributed by atoms with Gasteiger partial charge in [-0.25, -0.2) is 4.98 Å². The molecular weight excluding hydrogens is 289 g/mol. The standard InChI is InChI=1S/C10H13N3.HI/c1-13(2)7-8-6-12-10-9(8)4-3-5-11-10;/h3-6H,7H2,1-2H3,(H,11,12);1H. The minimum Gasteiger partial charge on any atom is -0.346 e. The van der Waals surface area contributed by atoms with Crippen LogP contribution in [0.2, 0.25) is 0 Å². The normalized spacial score (nSPS) is 10.5. The van der Waals surface area contributed by atoms with Crippen molar-refractivity contribution in [2.24, 2.45) is 0 Å². The van der Waals surface area contributed by atoms with Crippen LogP contribution in [0.15, 0.2) is 24.5 Å². The predicted octanol–water partition coefficient (Wildman–Crippen LogP) is 2.24. The van der Waals surface area contributed by atoms with E-state index in [0.717, 1.165) is 12.2 Å². The first-order chi connectivity index (χ1) is 6.27. The van der Waals surface area contributed by atoms with E-state index in [0.29, 0.717) is 0 Å². The molecular formula is C10H14IN3. The van der Waals surface area contributed by atoms with Crippen molar-refractivity contribution in [2.75, 3.05) is 14.1 Å². The van der Waals surface area contributed by atoms with E-state index in [4.69, 9.17) is 0 Å². The van der Waals surface area contributed by atoms with Crippen molar-refractivity contribution in [3.05, 3.63) is 30.1 Å². The Morgan fingerprint density at radius 1 is 1.43 bits per heavy atom. The smallest absolute Gasteiger partial charge is 0.137 e. The highest BCUT2D eigenvalue weighted by atomic mass is 127. The zero-order valence-electron chi connectivity index (χ0n) is 8.32. The largest absolute Gasteiger partial charge is 0.346 e. The van der Waals surface area contributed by atoms with Gasteiger partial charge in [0.15, 0.2) is 0 Å². The monoisotopic (exact) mass is 303 g/mol. The quantitative estimate of drug-likeness (QED) is 0.863. The first kappa shape index (κ1) is 11.5. The van der Waals surface area contributed by atoms with Crippen molar-refractivity contribution in [2.45, 2.75) is 6.54 Å². The van der Waals surface area contributed by atoms with Crippen LogP contribution in [0.25, 0.3) is 11.0 Å². The van der Waals surface area contributed by atoms with Crippen molar-refractivity contribution < 1.29 is 0 Å². The Labute approximate surface area is 101 Å². The molecule has 0 aliphatic carbocycles. The maximum absolute atomic E-state index is 4.24. The van der Waals surface area contributed by atoms with Gasteiger partial charge >= 0.3 is 0 Å². The highest BCUT2D eigenvalue weighted by Gasteiger charge is 2.03. The fourth-order valence-corrected chi connectivity index (χ4v) is 1.48. The Bertz CT molecular complexity index is 408. The zero-order chi connectivity index (χ0) is 9.26. The number of rotatable bonds is 2. The van der Waals surface area contributed by atoms with Crippen molar-refractivity contribution in [3.8, 4) is 0 Å². The molecule has 2 heterocycles. The summed E-state index contributed by atoms with van der Waals surface area (Å²) in [6.45, 7) is 0.950. The number of halogens is 1. The lowest BCUT2D eigenvalue weighted by molar-refractivity contribution is 0.404. The van der Waals surface area contributed by atoms with E-state index in [1.807, 2.05) is 12.3 Å². The van der Waals surface area contributed by atoms with Gasteiger partial charge in [-0.1, -0.05) is 0 Å². The molecule has 76 valence electrons. The molecule has 0 aromatic carbocycles. The van der Waals surface area contributed by atoms with Crippen molar-refractivity contribution in [1.29, 1.82) is 0 Å². The van der Waals surface area contributed by atoms with Gasteiger partial charge in [-0.15, -0.1) is 24.0 Å². The van der Waals surface area contributed by atoms with Gasteiger partial charge in [-0.2, -0.15) is 0 Å². The van der Waals surface area contributed by atoms with Crippen LogP contribution in [0.3, 0.4) is 0 Å². The average Bonchev–Trinajstić information content (AvgIpc) is 2.48. The molecule has 0 amide bonds. The molecule has 4 heteroatoms. The summed E-state index contributed by atoms with van der Waals surface area (Å²) in [4.78, 5) is 9.54.